The summed E-state index contributed by atoms with van der Waals surface area (Å²) in [7, 11) is 1.71. The molecule has 2 heterocycles. The average molecular weight is 313 g/mol. The number of carbonyl (C=O) groups excluding carboxylic acids is 2. The molecule has 0 saturated carbocycles. The van der Waals surface area contributed by atoms with Crippen LogP contribution in [0.5, 0.6) is 0 Å². The molecule has 6 heteroatoms. The van der Waals surface area contributed by atoms with Crippen molar-refractivity contribution in [2.75, 3.05) is 7.05 Å². The summed E-state index contributed by atoms with van der Waals surface area (Å²) in [5.41, 5.74) is 1.61. The number of esters is 1. The summed E-state index contributed by atoms with van der Waals surface area (Å²) in [5, 5.41) is 0. The lowest BCUT2D eigenvalue weighted by molar-refractivity contribution is 0.00608. The molecule has 1 amide bonds. The van der Waals surface area contributed by atoms with Crippen LogP contribution in [0.1, 0.15) is 47.3 Å². The van der Waals surface area contributed by atoms with Gasteiger partial charge in [-0.3, -0.25) is 9.36 Å². The van der Waals surface area contributed by atoms with Crippen LogP contribution in [0.15, 0.2) is 30.6 Å². The Labute approximate surface area is 134 Å². The van der Waals surface area contributed by atoms with Crippen LogP contribution in [-0.2, 0) is 11.3 Å². The molecule has 1 aromatic heterocycles. The second kappa shape index (κ2) is 5.22. The molecule has 1 aliphatic heterocycles. The number of para-hydroxylation sites is 1. The third-order valence-corrected chi connectivity index (χ3v) is 3.59. The van der Waals surface area contributed by atoms with Crippen molar-refractivity contribution in [3.8, 4) is 5.69 Å². The zero-order chi connectivity index (χ0) is 16.8. The first-order chi connectivity index (χ1) is 10.8. The molecule has 0 N–H and O–H groups in total. The quantitative estimate of drug-likeness (QED) is 0.758. The van der Waals surface area contributed by atoms with Crippen molar-refractivity contribution in [1.29, 1.82) is 0 Å². The number of hydrogen-bond donors (Lipinski definition) is 0. The number of ether oxygens (including phenoxy) is 1. The molecule has 0 bridgehead atoms. The number of aromatic nitrogens is 2. The normalized spacial score (nSPS) is 14.1. The minimum atomic E-state index is -0.599. The Morgan fingerprint density at radius 2 is 1.96 bits per heavy atom. The van der Waals surface area contributed by atoms with E-state index in [4.69, 9.17) is 4.74 Å². The van der Waals surface area contributed by atoms with Gasteiger partial charge in [-0.05, 0) is 32.9 Å². The van der Waals surface area contributed by atoms with Crippen LogP contribution in [0.2, 0.25) is 0 Å². The third-order valence-electron chi connectivity index (χ3n) is 3.59. The number of hydrogen-bond acceptors (Lipinski definition) is 4. The van der Waals surface area contributed by atoms with Crippen LogP contribution in [0.25, 0.3) is 5.69 Å². The maximum Gasteiger partial charge on any atom is 0.359 e. The van der Waals surface area contributed by atoms with Gasteiger partial charge in [-0.1, -0.05) is 12.1 Å². The SMILES string of the molecule is CN1Cc2c(C(=O)OC(C)(C)C)ncn2-c2ccccc2C1=O. The lowest BCUT2D eigenvalue weighted by Gasteiger charge is -2.19. The summed E-state index contributed by atoms with van der Waals surface area (Å²) < 4.78 is 7.21. The molecule has 120 valence electrons. The molecule has 2 aromatic rings. The first kappa shape index (κ1) is 15.3. The molecule has 0 radical (unpaired) electrons. The standard InChI is InChI=1S/C17H19N3O3/c1-17(2,3)23-16(22)14-13-9-19(4)15(21)11-7-5-6-8-12(11)20(13)10-18-14/h5-8,10H,9H2,1-4H3. The van der Waals surface area contributed by atoms with Gasteiger partial charge in [0.05, 0.1) is 23.5 Å². The van der Waals surface area contributed by atoms with E-state index in [1.807, 2.05) is 39.0 Å². The minimum absolute atomic E-state index is 0.0839. The van der Waals surface area contributed by atoms with Gasteiger partial charge in [0.2, 0.25) is 0 Å². The number of carbonyl (C=O) groups is 2. The number of benzene rings is 1. The van der Waals surface area contributed by atoms with E-state index in [0.717, 1.165) is 5.69 Å². The highest BCUT2D eigenvalue weighted by atomic mass is 16.6. The molecular weight excluding hydrogens is 294 g/mol. The van der Waals surface area contributed by atoms with Crippen molar-refractivity contribution in [3.63, 3.8) is 0 Å². The zero-order valence-electron chi connectivity index (χ0n) is 13.7. The van der Waals surface area contributed by atoms with E-state index in [1.165, 1.54) is 0 Å². The molecule has 6 nitrogen and oxygen atoms in total. The van der Waals surface area contributed by atoms with Crippen LogP contribution in [0.4, 0.5) is 0 Å². The summed E-state index contributed by atoms with van der Waals surface area (Å²) in [6, 6.07) is 7.29. The lowest BCUT2D eigenvalue weighted by atomic mass is 10.1. The first-order valence-electron chi connectivity index (χ1n) is 7.42. The van der Waals surface area contributed by atoms with E-state index in [2.05, 4.69) is 4.98 Å². The van der Waals surface area contributed by atoms with Gasteiger partial charge in [0.1, 0.15) is 11.9 Å². The van der Waals surface area contributed by atoms with E-state index >= 15 is 0 Å². The van der Waals surface area contributed by atoms with Crippen LogP contribution < -0.4 is 0 Å². The van der Waals surface area contributed by atoms with Gasteiger partial charge in [-0.15, -0.1) is 0 Å². The first-order valence-corrected chi connectivity index (χ1v) is 7.42. The molecule has 1 aromatic carbocycles. The molecule has 23 heavy (non-hydrogen) atoms. The van der Waals surface area contributed by atoms with E-state index in [9.17, 15) is 9.59 Å². The lowest BCUT2D eigenvalue weighted by Crippen LogP contribution is -2.27. The van der Waals surface area contributed by atoms with Crippen molar-refractivity contribution in [3.05, 3.63) is 47.5 Å². The molecule has 0 atom stereocenters. The predicted octanol–water partition coefficient (Wildman–Crippen LogP) is 2.41. The Morgan fingerprint density at radius 1 is 1.26 bits per heavy atom. The fraction of sp³-hybridized carbons (Fsp3) is 0.353. The van der Waals surface area contributed by atoms with E-state index in [0.29, 0.717) is 17.8 Å². The van der Waals surface area contributed by atoms with Gasteiger partial charge in [0.15, 0.2) is 5.69 Å². The molecule has 0 fully saturated rings. The van der Waals surface area contributed by atoms with E-state index in [-0.39, 0.29) is 11.6 Å². The number of fused-ring (bicyclic) bond motifs is 3. The highest BCUT2D eigenvalue weighted by Crippen LogP contribution is 2.26. The minimum Gasteiger partial charge on any atom is -0.455 e. The summed E-state index contributed by atoms with van der Waals surface area (Å²) in [6.45, 7) is 5.72. The van der Waals surface area contributed by atoms with Gasteiger partial charge >= 0.3 is 5.97 Å². The highest BCUT2D eigenvalue weighted by molar-refractivity contribution is 5.99. The molecule has 3 rings (SSSR count). The Kier molecular flexibility index (Phi) is 3.47. The molecule has 0 saturated heterocycles. The van der Waals surface area contributed by atoms with Gasteiger partial charge in [-0.2, -0.15) is 0 Å². The van der Waals surface area contributed by atoms with E-state index < -0.39 is 11.6 Å². The second-order valence-corrected chi connectivity index (χ2v) is 6.59. The third kappa shape index (κ3) is 2.72. The largest absolute Gasteiger partial charge is 0.455 e. The average Bonchev–Trinajstić information content (AvgIpc) is 2.84. The molecule has 1 aliphatic rings. The maximum absolute atomic E-state index is 12.5. The zero-order valence-corrected chi connectivity index (χ0v) is 13.7. The summed E-state index contributed by atoms with van der Waals surface area (Å²) in [4.78, 5) is 30.7. The Balaban J connectivity index is 2.12. The Hall–Kier alpha value is -2.63. The monoisotopic (exact) mass is 313 g/mol. The number of amides is 1. The topological polar surface area (TPSA) is 64.4 Å². The van der Waals surface area contributed by atoms with Crippen molar-refractivity contribution in [2.24, 2.45) is 0 Å². The smallest absolute Gasteiger partial charge is 0.359 e. The van der Waals surface area contributed by atoms with Gasteiger partial charge in [0, 0.05) is 7.05 Å². The molecule has 0 unspecified atom stereocenters. The summed E-state index contributed by atoms with van der Waals surface area (Å²) in [6.07, 6.45) is 1.57. The van der Waals surface area contributed by atoms with Gasteiger partial charge < -0.3 is 9.64 Å². The molecular formula is C17H19N3O3. The second-order valence-electron chi connectivity index (χ2n) is 6.59. The number of nitrogens with zero attached hydrogens (tertiary/aromatic N) is 3. The van der Waals surface area contributed by atoms with Crippen LogP contribution in [0, 0.1) is 0 Å². The van der Waals surface area contributed by atoms with Crippen molar-refractivity contribution in [2.45, 2.75) is 32.9 Å². The van der Waals surface area contributed by atoms with Crippen LogP contribution in [0.3, 0.4) is 0 Å². The molecule has 0 aliphatic carbocycles. The maximum atomic E-state index is 12.5. The van der Waals surface area contributed by atoms with Gasteiger partial charge in [0.25, 0.3) is 5.91 Å². The summed E-state index contributed by atoms with van der Waals surface area (Å²) in [5.74, 6) is -0.564. The Bertz CT molecular complexity index is 787. The van der Waals surface area contributed by atoms with Crippen molar-refractivity contribution < 1.29 is 14.3 Å². The molecule has 0 spiro atoms. The van der Waals surface area contributed by atoms with Crippen molar-refractivity contribution >= 4 is 11.9 Å². The number of imidazole rings is 1. The van der Waals surface area contributed by atoms with Crippen molar-refractivity contribution in [1.82, 2.24) is 14.5 Å². The van der Waals surface area contributed by atoms with Crippen LogP contribution >= 0.6 is 0 Å². The summed E-state index contributed by atoms with van der Waals surface area (Å²) >= 11 is 0. The fourth-order valence-corrected chi connectivity index (χ4v) is 2.60. The van der Waals surface area contributed by atoms with Crippen LogP contribution in [-0.4, -0.2) is 39.0 Å². The predicted molar refractivity (Wildman–Crippen MR) is 84.5 cm³/mol. The fourth-order valence-electron chi connectivity index (χ4n) is 2.60. The Morgan fingerprint density at radius 3 is 2.65 bits per heavy atom. The highest BCUT2D eigenvalue weighted by Gasteiger charge is 2.30. The number of rotatable bonds is 1. The van der Waals surface area contributed by atoms with E-state index in [1.54, 1.807) is 28.9 Å². The van der Waals surface area contributed by atoms with Gasteiger partial charge in [-0.25, -0.2) is 9.78 Å².